The summed E-state index contributed by atoms with van der Waals surface area (Å²) >= 11 is 3.07. The van der Waals surface area contributed by atoms with Crippen LogP contribution in [0.3, 0.4) is 0 Å². The highest BCUT2D eigenvalue weighted by atomic mass is 79.9. The Balaban J connectivity index is 2.86. The first-order valence-corrected chi connectivity index (χ1v) is 5.29. The van der Waals surface area contributed by atoms with E-state index in [1.54, 1.807) is 13.0 Å². The molecule has 0 unspecified atom stereocenters. The van der Waals surface area contributed by atoms with Crippen LogP contribution in [0, 0.1) is 12.7 Å². The van der Waals surface area contributed by atoms with E-state index in [9.17, 15) is 9.18 Å². The lowest BCUT2D eigenvalue weighted by molar-refractivity contribution is -0.116. The fourth-order valence-corrected chi connectivity index (χ4v) is 1.58. The standard InChI is InChI=1S/C10H12BrFN2O/c1-6-4-7(11)8(12)5-9(6)14-10(15)2-3-13/h4-5H,2-3,13H2,1H3,(H,14,15). The zero-order chi connectivity index (χ0) is 11.4. The van der Waals surface area contributed by atoms with E-state index in [0.29, 0.717) is 10.2 Å². The maximum absolute atomic E-state index is 13.2. The summed E-state index contributed by atoms with van der Waals surface area (Å²) in [7, 11) is 0. The molecule has 0 fully saturated rings. The lowest BCUT2D eigenvalue weighted by atomic mass is 10.2. The van der Waals surface area contributed by atoms with Crippen molar-refractivity contribution >= 4 is 27.5 Å². The van der Waals surface area contributed by atoms with Crippen LogP contribution < -0.4 is 11.1 Å². The van der Waals surface area contributed by atoms with Crippen LogP contribution in [0.2, 0.25) is 0 Å². The molecule has 5 heteroatoms. The van der Waals surface area contributed by atoms with Crippen molar-refractivity contribution in [3.8, 4) is 0 Å². The van der Waals surface area contributed by atoms with Gasteiger partial charge in [0.25, 0.3) is 0 Å². The summed E-state index contributed by atoms with van der Waals surface area (Å²) in [6, 6.07) is 2.90. The lowest BCUT2D eigenvalue weighted by Crippen LogP contribution is -2.16. The molecule has 1 rings (SSSR count). The van der Waals surface area contributed by atoms with Crippen molar-refractivity contribution in [1.29, 1.82) is 0 Å². The van der Waals surface area contributed by atoms with E-state index in [1.165, 1.54) is 6.07 Å². The van der Waals surface area contributed by atoms with E-state index in [4.69, 9.17) is 5.73 Å². The van der Waals surface area contributed by atoms with Crippen molar-refractivity contribution in [2.75, 3.05) is 11.9 Å². The fraction of sp³-hybridized carbons (Fsp3) is 0.300. The van der Waals surface area contributed by atoms with Gasteiger partial charge in [-0.15, -0.1) is 0 Å². The third-order valence-electron chi connectivity index (χ3n) is 1.91. The van der Waals surface area contributed by atoms with Crippen LogP contribution in [0.1, 0.15) is 12.0 Å². The summed E-state index contributed by atoms with van der Waals surface area (Å²) in [5.41, 5.74) is 6.51. The van der Waals surface area contributed by atoms with Crippen LogP contribution in [0.25, 0.3) is 0 Å². The van der Waals surface area contributed by atoms with Crippen LogP contribution in [0.15, 0.2) is 16.6 Å². The number of rotatable bonds is 3. The quantitative estimate of drug-likeness (QED) is 0.888. The van der Waals surface area contributed by atoms with Gasteiger partial charge in [0.2, 0.25) is 5.91 Å². The van der Waals surface area contributed by atoms with Crippen LogP contribution in [0.4, 0.5) is 10.1 Å². The minimum Gasteiger partial charge on any atom is -0.330 e. The lowest BCUT2D eigenvalue weighted by Gasteiger charge is -2.08. The number of benzene rings is 1. The van der Waals surface area contributed by atoms with Crippen LogP contribution in [-0.4, -0.2) is 12.5 Å². The molecule has 0 bridgehead atoms. The van der Waals surface area contributed by atoms with E-state index in [1.807, 2.05) is 0 Å². The summed E-state index contributed by atoms with van der Waals surface area (Å²) in [6.07, 6.45) is 0.233. The Kier molecular flexibility index (Phi) is 4.23. The third-order valence-corrected chi connectivity index (χ3v) is 2.52. The minimum absolute atomic E-state index is 0.206. The number of hydrogen-bond donors (Lipinski definition) is 2. The molecule has 0 aliphatic carbocycles. The largest absolute Gasteiger partial charge is 0.330 e. The summed E-state index contributed by atoms with van der Waals surface area (Å²) in [5, 5.41) is 2.60. The number of nitrogens with one attached hydrogen (secondary N) is 1. The molecule has 0 saturated heterocycles. The Morgan fingerprint density at radius 2 is 2.27 bits per heavy atom. The maximum atomic E-state index is 13.2. The van der Waals surface area contributed by atoms with Crippen LogP contribution in [-0.2, 0) is 4.79 Å². The number of aryl methyl sites for hydroxylation is 1. The van der Waals surface area contributed by atoms with Gasteiger partial charge in [0.1, 0.15) is 5.82 Å². The molecule has 0 spiro atoms. The van der Waals surface area contributed by atoms with Gasteiger partial charge in [-0.05, 0) is 40.5 Å². The normalized spacial score (nSPS) is 10.1. The van der Waals surface area contributed by atoms with E-state index in [-0.39, 0.29) is 18.9 Å². The first-order chi connectivity index (χ1) is 7.04. The Morgan fingerprint density at radius 3 is 2.87 bits per heavy atom. The molecule has 0 atom stereocenters. The van der Waals surface area contributed by atoms with Crippen molar-refractivity contribution in [3.63, 3.8) is 0 Å². The molecule has 0 aliphatic heterocycles. The predicted molar refractivity (Wildman–Crippen MR) is 61.1 cm³/mol. The molecular weight excluding hydrogens is 263 g/mol. The molecule has 1 aromatic carbocycles. The number of amides is 1. The molecule has 82 valence electrons. The second kappa shape index (κ2) is 5.23. The monoisotopic (exact) mass is 274 g/mol. The minimum atomic E-state index is -0.399. The van der Waals surface area contributed by atoms with Crippen molar-refractivity contribution < 1.29 is 9.18 Å². The Bertz CT molecular complexity index is 382. The fourth-order valence-electron chi connectivity index (χ4n) is 1.12. The third kappa shape index (κ3) is 3.28. The number of nitrogens with two attached hydrogens (primary N) is 1. The zero-order valence-corrected chi connectivity index (χ0v) is 9.90. The van der Waals surface area contributed by atoms with Crippen molar-refractivity contribution in [2.24, 2.45) is 5.73 Å². The SMILES string of the molecule is Cc1cc(Br)c(F)cc1NC(=O)CCN. The molecule has 0 saturated carbocycles. The molecule has 3 N–H and O–H groups in total. The van der Waals surface area contributed by atoms with Crippen molar-refractivity contribution in [2.45, 2.75) is 13.3 Å². The second-order valence-corrected chi connectivity index (χ2v) is 4.02. The van der Waals surface area contributed by atoms with Gasteiger partial charge in [0.05, 0.1) is 4.47 Å². The second-order valence-electron chi connectivity index (χ2n) is 3.17. The summed E-state index contributed by atoms with van der Waals surface area (Å²) in [5.74, 6) is -0.606. The highest BCUT2D eigenvalue weighted by Gasteiger charge is 2.07. The molecule has 3 nitrogen and oxygen atoms in total. The molecule has 1 amide bonds. The van der Waals surface area contributed by atoms with Gasteiger partial charge >= 0.3 is 0 Å². The number of anilines is 1. The number of hydrogen-bond acceptors (Lipinski definition) is 2. The Labute approximate surface area is 96.0 Å². The Hall–Kier alpha value is -0.940. The summed E-state index contributed by atoms with van der Waals surface area (Å²) < 4.78 is 13.6. The van der Waals surface area contributed by atoms with E-state index < -0.39 is 5.82 Å². The smallest absolute Gasteiger partial charge is 0.225 e. The molecule has 0 aliphatic rings. The van der Waals surface area contributed by atoms with Gasteiger partial charge in [-0.3, -0.25) is 4.79 Å². The van der Waals surface area contributed by atoms with Gasteiger partial charge in [0, 0.05) is 18.7 Å². The average Bonchev–Trinajstić information content (AvgIpc) is 2.14. The molecule has 0 radical (unpaired) electrons. The number of carbonyl (C=O) groups is 1. The highest BCUT2D eigenvalue weighted by molar-refractivity contribution is 9.10. The highest BCUT2D eigenvalue weighted by Crippen LogP contribution is 2.23. The molecule has 0 heterocycles. The van der Waals surface area contributed by atoms with Crippen molar-refractivity contribution in [3.05, 3.63) is 28.0 Å². The van der Waals surface area contributed by atoms with Crippen molar-refractivity contribution in [1.82, 2.24) is 0 Å². The predicted octanol–water partition coefficient (Wildman–Crippen LogP) is 2.18. The molecule has 1 aromatic rings. The van der Waals surface area contributed by atoms with Gasteiger partial charge in [0.15, 0.2) is 0 Å². The molecule has 15 heavy (non-hydrogen) atoms. The average molecular weight is 275 g/mol. The molecule has 0 aromatic heterocycles. The van der Waals surface area contributed by atoms with Crippen LogP contribution in [0.5, 0.6) is 0 Å². The summed E-state index contributed by atoms with van der Waals surface area (Å²) in [4.78, 5) is 11.2. The van der Waals surface area contributed by atoms with E-state index in [2.05, 4.69) is 21.2 Å². The number of halogens is 2. The zero-order valence-electron chi connectivity index (χ0n) is 8.31. The first kappa shape index (κ1) is 12.1. The van der Waals surface area contributed by atoms with Gasteiger partial charge < -0.3 is 11.1 Å². The van der Waals surface area contributed by atoms with Gasteiger partial charge in [-0.1, -0.05) is 0 Å². The van der Waals surface area contributed by atoms with E-state index >= 15 is 0 Å². The van der Waals surface area contributed by atoms with Crippen LogP contribution >= 0.6 is 15.9 Å². The number of carbonyl (C=O) groups excluding carboxylic acids is 1. The van der Waals surface area contributed by atoms with Gasteiger partial charge in [-0.25, -0.2) is 4.39 Å². The topological polar surface area (TPSA) is 55.1 Å². The maximum Gasteiger partial charge on any atom is 0.225 e. The Morgan fingerprint density at radius 1 is 1.60 bits per heavy atom. The molecular formula is C10H12BrFN2O. The first-order valence-electron chi connectivity index (χ1n) is 4.50. The summed E-state index contributed by atoms with van der Waals surface area (Å²) in [6.45, 7) is 2.08. The van der Waals surface area contributed by atoms with Gasteiger partial charge in [-0.2, -0.15) is 0 Å². The van der Waals surface area contributed by atoms with E-state index in [0.717, 1.165) is 5.56 Å².